The monoisotopic (exact) mass is 500 g/mol. The van der Waals surface area contributed by atoms with E-state index in [1.165, 1.54) is 6.08 Å². The Labute approximate surface area is 215 Å². The van der Waals surface area contributed by atoms with Crippen LogP contribution in [-0.4, -0.2) is 30.3 Å². The van der Waals surface area contributed by atoms with E-state index in [-0.39, 0.29) is 19.1 Å². The summed E-state index contributed by atoms with van der Waals surface area (Å²) in [5, 5.41) is 23.3. The summed E-state index contributed by atoms with van der Waals surface area (Å²) in [5.74, 6) is -0.213. The largest absolute Gasteiger partial charge is 0.491 e. The van der Waals surface area contributed by atoms with Gasteiger partial charge in [-0.15, -0.1) is 0 Å². The Morgan fingerprint density at radius 3 is 2.41 bits per heavy atom. The minimum atomic E-state index is -0.740. The number of nitrogens with one attached hydrogen (secondary N) is 2. The van der Waals surface area contributed by atoms with E-state index in [2.05, 4.69) is 10.6 Å². The summed E-state index contributed by atoms with van der Waals surface area (Å²) in [5.41, 5.74) is 8.44. The number of carbonyl (C=O) groups excluding carboxylic acids is 2. The summed E-state index contributed by atoms with van der Waals surface area (Å²) < 4.78 is 11.2. The van der Waals surface area contributed by atoms with Gasteiger partial charge in [-0.05, 0) is 60.2 Å². The quantitative estimate of drug-likeness (QED) is 0.234. The predicted octanol–water partition coefficient (Wildman–Crippen LogP) is 4.63. The average molecular weight is 501 g/mol. The fourth-order valence-electron chi connectivity index (χ4n) is 3.41. The van der Waals surface area contributed by atoms with Gasteiger partial charge in [-0.25, -0.2) is 4.79 Å². The lowest BCUT2D eigenvalue weighted by Crippen LogP contribution is -2.21. The number of amides is 2. The molecule has 0 aliphatic rings. The molecule has 0 unspecified atom stereocenters. The van der Waals surface area contributed by atoms with E-state index >= 15 is 0 Å². The molecule has 0 spiro atoms. The maximum atomic E-state index is 12.7. The van der Waals surface area contributed by atoms with Crippen LogP contribution in [0.1, 0.15) is 24.2 Å². The number of carbonyl (C=O) groups is 2. The molecular weight excluding hydrogens is 472 g/mol. The van der Waals surface area contributed by atoms with Crippen LogP contribution >= 0.6 is 0 Å². The molecule has 3 aromatic rings. The molecule has 0 aromatic heterocycles. The van der Waals surface area contributed by atoms with Crippen molar-refractivity contribution in [3.8, 4) is 11.8 Å². The Balaban J connectivity index is 1.75. The molecule has 37 heavy (non-hydrogen) atoms. The molecule has 9 nitrogen and oxygen atoms in total. The van der Waals surface area contributed by atoms with E-state index < -0.39 is 18.1 Å². The van der Waals surface area contributed by atoms with Crippen LogP contribution in [0, 0.1) is 17.2 Å². The minimum Gasteiger partial charge on any atom is -0.491 e. The third-order valence-corrected chi connectivity index (χ3v) is 5.31. The topological polar surface area (TPSA) is 147 Å². The van der Waals surface area contributed by atoms with Crippen molar-refractivity contribution in [1.29, 1.82) is 5.26 Å². The molecule has 5 N–H and O–H groups in total. The van der Waals surface area contributed by atoms with Crippen molar-refractivity contribution in [1.82, 2.24) is 0 Å². The minimum absolute atomic E-state index is 0.110. The molecule has 9 heteroatoms. The van der Waals surface area contributed by atoms with Crippen molar-refractivity contribution in [2.45, 2.75) is 13.0 Å². The summed E-state index contributed by atoms with van der Waals surface area (Å²) >= 11 is 0. The SMILES string of the molecule is C[C@H](/C=C/C(=O)Nc1ccccc1N)[C@@H](OC(=O)Nc1ccc(C#N)cc1)c1ccc(OCCO)cc1. The fourth-order valence-corrected chi connectivity index (χ4v) is 3.41. The summed E-state index contributed by atoms with van der Waals surface area (Å²) in [7, 11) is 0. The van der Waals surface area contributed by atoms with Gasteiger partial charge in [0.05, 0.1) is 29.6 Å². The Kier molecular flexibility index (Phi) is 9.65. The third-order valence-electron chi connectivity index (χ3n) is 5.31. The number of nitrogens with zero attached hydrogens (tertiary/aromatic N) is 1. The summed E-state index contributed by atoms with van der Waals surface area (Å²) in [6.45, 7) is 1.87. The van der Waals surface area contributed by atoms with Gasteiger partial charge in [0, 0.05) is 11.6 Å². The molecule has 0 saturated heterocycles. The van der Waals surface area contributed by atoms with Gasteiger partial charge in [0.1, 0.15) is 18.5 Å². The molecule has 0 radical (unpaired) electrons. The highest BCUT2D eigenvalue weighted by Gasteiger charge is 2.23. The Hall–Kier alpha value is -4.81. The lowest BCUT2D eigenvalue weighted by Gasteiger charge is -2.23. The second kappa shape index (κ2) is 13.3. The van der Waals surface area contributed by atoms with Crippen molar-refractivity contribution in [3.05, 3.63) is 96.1 Å². The van der Waals surface area contributed by atoms with Crippen molar-refractivity contribution in [2.24, 2.45) is 5.92 Å². The Morgan fingerprint density at radius 1 is 1.05 bits per heavy atom. The average Bonchev–Trinajstić information content (AvgIpc) is 2.91. The predicted molar refractivity (Wildman–Crippen MR) is 141 cm³/mol. The van der Waals surface area contributed by atoms with Crippen molar-refractivity contribution in [3.63, 3.8) is 0 Å². The number of nitrogens with two attached hydrogens (primary N) is 1. The summed E-state index contributed by atoms with van der Waals surface area (Å²) in [6.07, 6.45) is 1.57. The third kappa shape index (κ3) is 8.13. The van der Waals surface area contributed by atoms with Crippen LogP contribution in [0.25, 0.3) is 0 Å². The molecule has 0 aliphatic carbocycles. The number of nitriles is 1. The summed E-state index contributed by atoms with van der Waals surface area (Å²) in [4.78, 5) is 25.2. The molecule has 2 amide bonds. The van der Waals surface area contributed by atoms with E-state index in [1.807, 2.05) is 13.0 Å². The van der Waals surface area contributed by atoms with E-state index in [0.29, 0.717) is 33.9 Å². The zero-order valence-corrected chi connectivity index (χ0v) is 20.3. The standard InChI is InChI=1S/C28H28N4O5/c1-19(6-15-26(34)32-25-5-3-2-4-24(25)30)27(21-9-13-23(14-10-21)36-17-16-33)37-28(35)31-22-11-7-20(18-29)8-12-22/h2-15,19,27,33H,16-17,30H2,1H3,(H,31,35)(H,32,34)/b15-6+/t19-,27-/m1/s1. The highest BCUT2D eigenvalue weighted by atomic mass is 16.6. The Morgan fingerprint density at radius 2 is 1.76 bits per heavy atom. The molecule has 3 aromatic carbocycles. The number of ether oxygens (including phenoxy) is 2. The lowest BCUT2D eigenvalue weighted by atomic mass is 9.96. The number of para-hydroxylation sites is 2. The molecule has 0 heterocycles. The van der Waals surface area contributed by atoms with Gasteiger partial charge in [-0.1, -0.05) is 37.3 Å². The molecule has 3 rings (SSSR count). The molecular formula is C28H28N4O5. The second-order valence-electron chi connectivity index (χ2n) is 8.08. The highest BCUT2D eigenvalue weighted by molar-refractivity contribution is 6.01. The van der Waals surface area contributed by atoms with Crippen LogP contribution in [0.5, 0.6) is 5.75 Å². The van der Waals surface area contributed by atoms with Crippen LogP contribution < -0.4 is 21.1 Å². The van der Waals surface area contributed by atoms with Crippen LogP contribution in [0.4, 0.5) is 21.9 Å². The van der Waals surface area contributed by atoms with Gasteiger partial charge in [0.2, 0.25) is 5.91 Å². The first kappa shape index (κ1) is 26.8. The maximum absolute atomic E-state index is 12.7. The number of aliphatic hydroxyl groups is 1. The van der Waals surface area contributed by atoms with Gasteiger partial charge < -0.3 is 25.6 Å². The molecule has 190 valence electrons. The zero-order chi connectivity index (χ0) is 26.6. The second-order valence-corrected chi connectivity index (χ2v) is 8.08. The fraction of sp³-hybridized carbons (Fsp3) is 0.179. The molecule has 2 atom stereocenters. The zero-order valence-electron chi connectivity index (χ0n) is 20.3. The van der Waals surface area contributed by atoms with E-state index in [4.69, 9.17) is 25.6 Å². The van der Waals surface area contributed by atoms with Crippen LogP contribution in [-0.2, 0) is 9.53 Å². The number of benzene rings is 3. The highest BCUT2D eigenvalue weighted by Crippen LogP contribution is 2.29. The number of nitrogen functional groups attached to an aromatic ring is 1. The smallest absolute Gasteiger partial charge is 0.412 e. The first-order valence-corrected chi connectivity index (χ1v) is 11.5. The number of aliphatic hydroxyl groups excluding tert-OH is 1. The molecule has 0 saturated carbocycles. The molecule has 0 fully saturated rings. The van der Waals surface area contributed by atoms with Gasteiger partial charge >= 0.3 is 6.09 Å². The van der Waals surface area contributed by atoms with Gasteiger partial charge in [-0.3, -0.25) is 10.1 Å². The maximum Gasteiger partial charge on any atom is 0.412 e. The van der Waals surface area contributed by atoms with Crippen LogP contribution in [0.3, 0.4) is 0 Å². The van der Waals surface area contributed by atoms with Crippen molar-refractivity contribution < 1.29 is 24.2 Å². The summed E-state index contributed by atoms with van der Waals surface area (Å²) in [6, 6.07) is 22.2. The number of rotatable bonds is 10. The normalized spacial score (nSPS) is 12.2. The van der Waals surface area contributed by atoms with Crippen LogP contribution in [0.15, 0.2) is 84.9 Å². The number of anilines is 3. The lowest BCUT2D eigenvalue weighted by molar-refractivity contribution is -0.111. The van der Waals surface area contributed by atoms with E-state index in [1.54, 1.807) is 78.9 Å². The van der Waals surface area contributed by atoms with Crippen LogP contribution in [0.2, 0.25) is 0 Å². The van der Waals surface area contributed by atoms with Gasteiger partial charge in [0.25, 0.3) is 0 Å². The van der Waals surface area contributed by atoms with E-state index in [0.717, 1.165) is 0 Å². The van der Waals surface area contributed by atoms with Gasteiger partial charge in [-0.2, -0.15) is 5.26 Å². The Bertz CT molecular complexity index is 1270. The molecule has 0 aliphatic heterocycles. The first-order chi connectivity index (χ1) is 17.9. The number of hydrogen-bond acceptors (Lipinski definition) is 7. The van der Waals surface area contributed by atoms with E-state index in [9.17, 15) is 9.59 Å². The number of hydrogen-bond donors (Lipinski definition) is 4. The van der Waals surface area contributed by atoms with Crippen molar-refractivity contribution >= 4 is 29.1 Å². The van der Waals surface area contributed by atoms with Crippen molar-refractivity contribution in [2.75, 3.05) is 29.6 Å². The van der Waals surface area contributed by atoms with Gasteiger partial charge in [0.15, 0.2) is 0 Å². The molecule has 0 bridgehead atoms. The first-order valence-electron chi connectivity index (χ1n) is 11.5.